The van der Waals surface area contributed by atoms with Crippen molar-refractivity contribution in [1.29, 1.82) is 0 Å². The molecule has 0 aliphatic heterocycles. The lowest BCUT2D eigenvalue weighted by atomic mass is 10.3. The van der Waals surface area contributed by atoms with Crippen LogP contribution in [0.5, 0.6) is 0 Å². The van der Waals surface area contributed by atoms with Gasteiger partial charge in [-0.25, -0.2) is 4.98 Å². The quantitative estimate of drug-likeness (QED) is 0.654. The van der Waals surface area contributed by atoms with E-state index in [1.807, 2.05) is 12.1 Å². The lowest BCUT2D eigenvalue weighted by Crippen LogP contribution is -1.98. The topological polar surface area (TPSA) is 58.3 Å². The van der Waals surface area contributed by atoms with Gasteiger partial charge in [0.25, 0.3) is 0 Å². The van der Waals surface area contributed by atoms with E-state index < -0.39 is 0 Å². The van der Waals surface area contributed by atoms with E-state index in [-0.39, 0.29) is 6.73 Å². The largest absolute Gasteiger partial charge is 0.443 e. The van der Waals surface area contributed by atoms with Gasteiger partial charge in [0.1, 0.15) is 12.2 Å². The molecule has 1 aromatic carbocycles. The normalized spacial score (nSPS) is 10.4. The molecule has 0 fully saturated rings. The zero-order valence-corrected chi connectivity index (χ0v) is 6.32. The first kappa shape index (κ1) is 7.12. The summed E-state index contributed by atoms with van der Waals surface area (Å²) in [6, 6.07) is 5.45. The molecule has 0 aliphatic carbocycles. The number of aliphatic hydroxyl groups is 1. The van der Waals surface area contributed by atoms with Crippen LogP contribution in [0.3, 0.4) is 0 Å². The van der Waals surface area contributed by atoms with Gasteiger partial charge in [-0.1, -0.05) is 0 Å². The van der Waals surface area contributed by atoms with Crippen LogP contribution in [0.4, 0.5) is 5.69 Å². The molecule has 1 heterocycles. The lowest BCUT2D eigenvalue weighted by Gasteiger charge is -1.99. The number of nitrogens with one attached hydrogen (secondary N) is 1. The van der Waals surface area contributed by atoms with Crippen LogP contribution in [0.2, 0.25) is 0 Å². The van der Waals surface area contributed by atoms with E-state index in [0.717, 1.165) is 11.2 Å². The van der Waals surface area contributed by atoms with Gasteiger partial charge >= 0.3 is 0 Å². The molecule has 4 heteroatoms. The first-order valence-electron chi connectivity index (χ1n) is 3.58. The zero-order chi connectivity index (χ0) is 8.39. The van der Waals surface area contributed by atoms with Crippen LogP contribution in [-0.2, 0) is 0 Å². The fourth-order valence-corrected chi connectivity index (χ4v) is 1.06. The van der Waals surface area contributed by atoms with Gasteiger partial charge in [0.15, 0.2) is 12.0 Å². The molecule has 62 valence electrons. The molecule has 2 aromatic rings. The molecule has 0 aliphatic rings. The van der Waals surface area contributed by atoms with Crippen molar-refractivity contribution >= 4 is 16.8 Å². The predicted octanol–water partition coefficient (Wildman–Crippen LogP) is 1.19. The molecule has 0 unspecified atom stereocenters. The van der Waals surface area contributed by atoms with Crippen LogP contribution >= 0.6 is 0 Å². The summed E-state index contributed by atoms with van der Waals surface area (Å²) in [5.41, 5.74) is 2.36. The molecule has 0 spiro atoms. The Balaban J connectivity index is 2.46. The highest BCUT2D eigenvalue weighted by Crippen LogP contribution is 2.17. The number of hydrogen-bond acceptors (Lipinski definition) is 4. The van der Waals surface area contributed by atoms with Gasteiger partial charge in [-0.2, -0.15) is 0 Å². The number of aromatic nitrogens is 1. The van der Waals surface area contributed by atoms with Crippen molar-refractivity contribution in [3.8, 4) is 0 Å². The summed E-state index contributed by atoms with van der Waals surface area (Å²) in [5, 5.41) is 11.3. The van der Waals surface area contributed by atoms with Crippen molar-refractivity contribution in [2.45, 2.75) is 0 Å². The standard InChI is InChI=1S/C8H8N2O2/c11-4-9-6-1-2-7-8(3-6)12-5-10-7/h1-3,5,9,11H,4H2. The fraction of sp³-hybridized carbons (Fsp3) is 0.125. The van der Waals surface area contributed by atoms with Crippen LogP contribution < -0.4 is 5.32 Å². The third-order valence-corrected chi connectivity index (χ3v) is 1.61. The molecule has 4 nitrogen and oxygen atoms in total. The summed E-state index contributed by atoms with van der Waals surface area (Å²) in [6.45, 7) is -0.0837. The highest BCUT2D eigenvalue weighted by molar-refractivity contribution is 5.76. The van der Waals surface area contributed by atoms with Gasteiger partial charge < -0.3 is 14.8 Å². The molecular formula is C8H8N2O2. The van der Waals surface area contributed by atoms with Gasteiger partial charge in [0.2, 0.25) is 0 Å². The number of hydrogen-bond donors (Lipinski definition) is 2. The van der Waals surface area contributed by atoms with E-state index in [0.29, 0.717) is 5.58 Å². The van der Waals surface area contributed by atoms with Crippen molar-refractivity contribution in [2.24, 2.45) is 0 Å². The molecule has 0 saturated heterocycles. The lowest BCUT2D eigenvalue weighted by molar-refractivity contribution is 0.325. The van der Waals surface area contributed by atoms with E-state index in [9.17, 15) is 0 Å². The van der Waals surface area contributed by atoms with Crippen molar-refractivity contribution in [1.82, 2.24) is 4.98 Å². The second-order valence-corrected chi connectivity index (χ2v) is 2.37. The molecule has 2 N–H and O–H groups in total. The Hall–Kier alpha value is -1.55. The number of rotatable bonds is 2. The molecule has 0 atom stereocenters. The summed E-state index contributed by atoms with van der Waals surface area (Å²) < 4.78 is 5.07. The van der Waals surface area contributed by atoms with Crippen LogP contribution in [0.15, 0.2) is 29.0 Å². The Bertz CT molecular complexity index is 383. The van der Waals surface area contributed by atoms with Crippen molar-refractivity contribution < 1.29 is 9.52 Å². The Morgan fingerprint density at radius 2 is 2.42 bits per heavy atom. The molecule has 12 heavy (non-hydrogen) atoms. The van der Waals surface area contributed by atoms with Crippen LogP contribution in [0.25, 0.3) is 11.1 Å². The maximum absolute atomic E-state index is 8.59. The number of fused-ring (bicyclic) bond motifs is 1. The van der Waals surface area contributed by atoms with Crippen molar-refractivity contribution in [2.75, 3.05) is 12.0 Å². The first-order chi connectivity index (χ1) is 5.90. The third-order valence-electron chi connectivity index (χ3n) is 1.61. The van der Waals surface area contributed by atoms with Crippen LogP contribution in [-0.4, -0.2) is 16.8 Å². The van der Waals surface area contributed by atoms with Crippen molar-refractivity contribution in [3.05, 3.63) is 24.6 Å². The smallest absolute Gasteiger partial charge is 0.181 e. The minimum absolute atomic E-state index is 0.0837. The highest BCUT2D eigenvalue weighted by atomic mass is 16.3. The number of oxazole rings is 1. The number of nitrogens with zero attached hydrogens (tertiary/aromatic N) is 1. The second-order valence-electron chi connectivity index (χ2n) is 2.37. The molecule has 1 aromatic heterocycles. The molecule has 0 radical (unpaired) electrons. The van der Waals surface area contributed by atoms with E-state index in [2.05, 4.69) is 10.3 Å². The second kappa shape index (κ2) is 2.83. The first-order valence-corrected chi connectivity index (χ1v) is 3.58. The van der Waals surface area contributed by atoms with Gasteiger partial charge in [0.05, 0.1) is 0 Å². The highest BCUT2D eigenvalue weighted by Gasteiger charge is 1.98. The number of aliphatic hydroxyl groups excluding tert-OH is 1. The fourth-order valence-electron chi connectivity index (χ4n) is 1.06. The van der Waals surface area contributed by atoms with E-state index >= 15 is 0 Å². The Labute approximate surface area is 68.8 Å². The third kappa shape index (κ3) is 1.12. The summed E-state index contributed by atoms with van der Waals surface area (Å²) in [5.74, 6) is 0. The molecule has 0 amide bonds. The maximum atomic E-state index is 8.59. The minimum Gasteiger partial charge on any atom is -0.443 e. The average Bonchev–Trinajstić information content (AvgIpc) is 2.51. The zero-order valence-electron chi connectivity index (χ0n) is 6.32. The van der Waals surface area contributed by atoms with Gasteiger partial charge in [-0.05, 0) is 12.1 Å². The minimum atomic E-state index is -0.0837. The molecule has 0 saturated carbocycles. The van der Waals surface area contributed by atoms with Gasteiger partial charge in [0, 0.05) is 11.8 Å². The van der Waals surface area contributed by atoms with Crippen LogP contribution in [0, 0.1) is 0 Å². The van der Waals surface area contributed by atoms with Crippen molar-refractivity contribution in [3.63, 3.8) is 0 Å². The summed E-state index contributed by atoms with van der Waals surface area (Å²) in [6.07, 6.45) is 1.40. The van der Waals surface area contributed by atoms with E-state index in [1.165, 1.54) is 6.39 Å². The SMILES string of the molecule is OCNc1ccc2ncoc2c1. The van der Waals surface area contributed by atoms with Gasteiger partial charge in [-0.15, -0.1) is 0 Å². The summed E-state index contributed by atoms with van der Waals surface area (Å²) in [7, 11) is 0. The monoisotopic (exact) mass is 164 g/mol. The molecule has 0 bridgehead atoms. The van der Waals surface area contributed by atoms with Gasteiger partial charge in [-0.3, -0.25) is 0 Å². The van der Waals surface area contributed by atoms with E-state index in [4.69, 9.17) is 9.52 Å². The Morgan fingerprint density at radius 3 is 3.25 bits per heavy atom. The molecular weight excluding hydrogens is 156 g/mol. The summed E-state index contributed by atoms with van der Waals surface area (Å²) in [4.78, 5) is 3.96. The number of benzene rings is 1. The summed E-state index contributed by atoms with van der Waals surface area (Å²) >= 11 is 0. The average molecular weight is 164 g/mol. The van der Waals surface area contributed by atoms with E-state index in [1.54, 1.807) is 6.07 Å². The Kier molecular flexibility index (Phi) is 1.68. The predicted molar refractivity (Wildman–Crippen MR) is 44.7 cm³/mol. The molecule has 2 rings (SSSR count). The Morgan fingerprint density at radius 1 is 1.50 bits per heavy atom. The maximum Gasteiger partial charge on any atom is 0.181 e. The number of anilines is 1. The van der Waals surface area contributed by atoms with Crippen LogP contribution in [0.1, 0.15) is 0 Å².